The fourth-order valence-electron chi connectivity index (χ4n) is 2.48. The highest BCUT2D eigenvalue weighted by Gasteiger charge is 2.18. The van der Waals surface area contributed by atoms with Gasteiger partial charge >= 0.3 is 0 Å². The van der Waals surface area contributed by atoms with Crippen molar-refractivity contribution in [2.45, 2.75) is 26.4 Å². The predicted molar refractivity (Wildman–Crippen MR) is 88.3 cm³/mol. The molecule has 0 aliphatic heterocycles. The zero-order valence-electron chi connectivity index (χ0n) is 12.6. The van der Waals surface area contributed by atoms with E-state index in [-0.39, 0.29) is 6.04 Å². The van der Waals surface area contributed by atoms with Crippen LogP contribution in [-0.2, 0) is 6.54 Å². The second kappa shape index (κ2) is 7.55. The molecule has 2 aromatic rings. The monoisotopic (exact) mass is 303 g/mol. The molecule has 0 bridgehead atoms. The molecule has 1 unspecified atom stereocenters. The lowest BCUT2D eigenvalue weighted by Gasteiger charge is -2.30. The number of rotatable bonds is 6. The molecule has 0 radical (unpaired) electrons. The van der Waals surface area contributed by atoms with Crippen molar-refractivity contribution in [2.24, 2.45) is 5.73 Å². The summed E-state index contributed by atoms with van der Waals surface area (Å²) in [6.45, 7) is 6.51. The molecule has 0 aliphatic rings. The van der Waals surface area contributed by atoms with Crippen LogP contribution in [0, 0.1) is 6.92 Å². The molecule has 1 atom stereocenters. The highest BCUT2D eigenvalue weighted by atomic mass is 35.5. The third-order valence-corrected chi connectivity index (χ3v) is 4.19. The molecule has 0 fully saturated rings. The number of hydrogen-bond acceptors (Lipinski definition) is 3. The van der Waals surface area contributed by atoms with Gasteiger partial charge in [0.15, 0.2) is 0 Å². The first-order valence-corrected chi connectivity index (χ1v) is 7.62. The van der Waals surface area contributed by atoms with Gasteiger partial charge in [-0.1, -0.05) is 30.7 Å². The van der Waals surface area contributed by atoms with Gasteiger partial charge in [-0.05, 0) is 48.4 Å². The van der Waals surface area contributed by atoms with Gasteiger partial charge in [0.05, 0.1) is 0 Å². The molecule has 2 rings (SSSR count). The number of nitrogens with two attached hydrogens (primary N) is 1. The first-order chi connectivity index (χ1) is 10.2. The minimum atomic E-state index is 0.168. The number of halogens is 1. The Labute approximate surface area is 131 Å². The maximum atomic E-state index is 6.26. The lowest BCUT2D eigenvalue weighted by atomic mass is 10.0. The van der Waals surface area contributed by atoms with E-state index in [4.69, 9.17) is 17.3 Å². The van der Waals surface area contributed by atoms with Crippen molar-refractivity contribution in [2.75, 3.05) is 13.1 Å². The fraction of sp³-hybridized carbons (Fsp3) is 0.353. The first-order valence-electron chi connectivity index (χ1n) is 7.24. The summed E-state index contributed by atoms with van der Waals surface area (Å²) in [5, 5.41) is 0.797. The van der Waals surface area contributed by atoms with Gasteiger partial charge < -0.3 is 5.73 Å². The molecule has 21 heavy (non-hydrogen) atoms. The van der Waals surface area contributed by atoms with E-state index in [9.17, 15) is 0 Å². The van der Waals surface area contributed by atoms with Crippen LogP contribution in [0.15, 0.2) is 42.7 Å². The number of benzene rings is 1. The zero-order chi connectivity index (χ0) is 15.2. The number of aromatic nitrogens is 1. The van der Waals surface area contributed by atoms with E-state index in [1.165, 1.54) is 11.1 Å². The molecule has 0 saturated carbocycles. The Kier molecular flexibility index (Phi) is 5.74. The van der Waals surface area contributed by atoms with Gasteiger partial charge in [-0.25, -0.2) is 0 Å². The van der Waals surface area contributed by atoms with Crippen LogP contribution in [0.2, 0.25) is 5.02 Å². The van der Waals surface area contributed by atoms with Crippen molar-refractivity contribution in [3.05, 3.63) is 64.4 Å². The number of nitrogens with zero attached hydrogens (tertiary/aromatic N) is 2. The Morgan fingerprint density at radius 3 is 2.52 bits per heavy atom. The van der Waals surface area contributed by atoms with Crippen LogP contribution in [-0.4, -0.2) is 23.0 Å². The molecule has 3 nitrogen and oxygen atoms in total. The molecule has 1 aromatic heterocycles. The van der Waals surface area contributed by atoms with E-state index in [0.29, 0.717) is 6.54 Å². The summed E-state index contributed by atoms with van der Waals surface area (Å²) in [7, 11) is 0. The van der Waals surface area contributed by atoms with E-state index >= 15 is 0 Å². The molecule has 112 valence electrons. The normalized spacial score (nSPS) is 12.6. The van der Waals surface area contributed by atoms with Crippen molar-refractivity contribution in [3.8, 4) is 0 Å². The van der Waals surface area contributed by atoms with E-state index in [1.54, 1.807) is 0 Å². The van der Waals surface area contributed by atoms with Crippen molar-refractivity contribution in [1.82, 2.24) is 9.88 Å². The van der Waals surface area contributed by atoms with Crippen molar-refractivity contribution in [1.29, 1.82) is 0 Å². The minimum absolute atomic E-state index is 0.168. The molecule has 0 amide bonds. The average Bonchev–Trinajstić information content (AvgIpc) is 2.51. The quantitative estimate of drug-likeness (QED) is 0.887. The molecule has 4 heteroatoms. The van der Waals surface area contributed by atoms with Crippen LogP contribution >= 0.6 is 11.6 Å². The Bertz CT molecular complexity index is 572. The van der Waals surface area contributed by atoms with Gasteiger partial charge in [-0.15, -0.1) is 0 Å². The number of pyridine rings is 1. The Hall–Kier alpha value is -1.42. The van der Waals surface area contributed by atoms with Crippen LogP contribution in [0.4, 0.5) is 0 Å². The van der Waals surface area contributed by atoms with Gasteiger partial charge in [-0.3, -0.25) is 9.88 Å². The summed E-state index contributed by atoms with van der Waals surface area (Å²) in [5.74, 6) is 0. The largest absolute Gasteiger partial charge is 0.329 e. The summed E-state index contributed by atoms with van der Waals surface area (Å²) in [4.78, 5) is 6.42. The third kappa shape index (κ3) is 4.03. The molecule has 0 aliphatic carbocycles. The van der Waals surface area contributed by atoms with Crippen LogP contribution in [0.3, 0.4) is 0 Å². The highest BCUT2D eigenvalue weighted by Crippen LogP contribution is 2.26. The van der Waals surface area contributed by atoms with E-state index in [2.05, 4.69) is 28.9 Å². The topological polar surface area (TPSA) is 42.2 Å². The summed E-state index contributed by atoms with van der Waals surface area (Å²) < 4.78 is 0. The van der Waals surface area contributed by atoms with E-state index in [1.807, 2.05) is 37.5 Å². The summed E-state index contributed by atoms with van der Waals surface area (Å²) in [6, 6.07) is 10.5. The van der Waals surface area contributed by atoms with Crippen LogP contribution in [0.25, 0.3) is 0 Å². The Balaban J connectivity index is 2.22. The Morgan fingerprint density at radius 1 is 1.24 bits per heavy atom. The van der Waals surface area contributed by atoms with Crippen LogP contribution in [0.1, 0.15) is 29.7 Å². The van der Waals surface area contributed by atoms with Gasteiger partial charge in [0, 0.05) is 36.5 Å². The van der Waals surface area contributed by atoms with E-state index < -0.39 is 0 Å². The first kappa shape index (κ1) is 16.0. The second-order valence-corrected chi connectivity index (χ2v) is 5.59. The standard InChI is InChI=1S/C17H22ClN3/c1-3-21(12-14-6-8-20-9-7-14)17(11-19)15-5-4-13(2)16(18)10-15/h4-10,17H,3,11-12,19H2,1-2H3. The van der Waals surface area contributed by atoms with Crippen molar-refractivity contribution >= 4 is 11.6 Å². The minimum Gasteiger partial charge on any atom is -0.329 e. The van der Waals surface area contributed by atoms with Crippen molar-refractivity contribution in [3.63, 3.8) is 0 Å². The maximum Gasteiger partial charge on any atom is 0.0474 e. The molecular formula is C17H22ClN3. The van der Waals surface area contributed by atoms with Crippen molar-refractivity contribution < 1.29 is 0 Å². The molecule has 0 spiro atoms. The molecule has 1 heterocycles. The lowest BCUT2D eigenvalue weighted by molar-refractivity contribution is 0.203. The van der Waals surface area contributed by atoms with Crippen LogP contribution < -0.4 is 5.73 Å². The van der Waals surface area contributed by atoms with Gasteiger partial charge in [0.2, 0.25) is 0 Å². The maximum absolute atomic E-state index is 6.26. The smallest absolute Gasteiger partial charge is 0.0474 e. The molecule has 0 saturated heterocycles. The zero-order valence-corrected chi connectivity index (χ0v) is 13.3. The second-order valence-electron chi connectivity index (χ2n) is 5.18. The number of aryl methyl sites for hydroxylation is 1. The number of likely N-dealkylation sites (N-methyl/N-ethyl adjacent to an activating group) is 1. The van der Waals surface area contributed by atoms with Gasteiger partial charge in [-0.2, -0.15) is 0 Å². The summed E-state index contributed by atoms with van der Waals surface area (Å²) in [6.07, 6.45) is 3.65. The van der Waals surface area contributed by atoms with Crippen LogP contribution in [0.5, 0.6) is 0 Å². The molecule has 2 N–H and O–H groups in total. The summed E-state index contributed by atoms with van der Waals surface area (Å²) in [5.41, 5.74) is 9.53. The number of hydrogen-bond donors (Lipinski definition) is 1. The molecule has 1 aromatic carbocycles. The predicted octanol–water partition coefficient (Wildman–Crippen LogP) is 3.57. The lowest BCUT2D eigenvalue weighted by Crippen LogP contribution is -2.33. The third-order valence-electron chi connectivity index (χ3n) is 3.79. The molecular weight excluding hydrogens is 282 g/mol. The average molecular weight is 304 g/mol. The Morgan fingerprint density at radius 2 is 1.95 bits per heavy atom. The summed E-state index contributed by atoms with van der Waals surface area (Å²) >= 11 is 6.26. The van der Waals surface area contributed by atoms with Gasteiger partial charge in [0.25, 0.3) is 0 Å². The van der Waals surface area contributed by atoms with E-state index in [0.717, 1.165) is 23.7 Å². The fourth-order valence-corrected chi connectivity index (χ4v) is 2.67. The van der Waals surface area contributed by atoms with Gasteiger partial charge in [0.1, 0.15) is 0 Å². The SMILES string of the molecule is CCN(Cc1ccncc1)C(CN)c1ccc(C)c(Cl)c1. The highest BCUT2D eigenvalue weighted by molar-refractivity contribution is 6.31.